The Hall–Kier alpha value is -2.41. The van der Waals surface area contributed by atoms with Crippen LogP contribution in [0.25, 0.3) is 0 Å². The van der Waals surface area contributed by atoms with Gasteiger partial charge in [0.15, 0.2) is 0 Å². The molecular weight excluding hydrogens is 414 g/mol. The Balaban J connectivity index is 1.19. The average molecular weight is 450 g/mol. The Bertz CT molecular complexity index is 973. The van der Waals surface area contributed by atoms with E-state index in [0.717, 1.165) is 39.1 Å². The number of ether oxygens (including phenoxy) is 1. The van der Waals surface area contributed by atoms with E-state index in [-0.39, 0.29) is 5.91 Å². The van der Waals surface area contributed by atoms with Crippen molar-refractivity contribution in [3.05, 3.63) is 64.7 Å². The largest absolute Gasteiger partial charge is 0.491 e. The zero-order chi connectivity index (χ0) is 22.6. The molecule has 1 fully saturated rings. The van der Waals surface area contributed by atoms with Crippen molar-refractivity contribution in [2.75, 3.05) is 45.9 Å². The molecule has 0 aromatic heterocycles. The molecule has 1 atom stereocenters. The maximum Gasteiger partial charge on any atom is 0.257 e. The van der Waals surface area contributed by atoms with Crippen molar-refractivity contribution in [1.29, 1.82) is 0 Å². The standard InChI is InChI=1S/C27H35N3O3/c31-24(19-29-13-10-22-6-2-3-7-23(22)18-29)20-30-14-15-33-26-16-21(8-9-25(26)27(30)32)17-28-11-4-1-5-12-28/h2-3,6-9,16,24,31H,1,4-5,10-15,17-20H2. The highest BCUT2D eigenvalue weighted by Gasteiger charge is 2.27. The quantitative estimate of drug-likeness (QED) is 0.735. The molecule has 3 heterocycles. The molecule has 3 aliphatic rings. The number of likely N-dealkylation sites (tertiary alicyclic amines) is 1. The van der Waals surface area contributed by atoms with Gasteiger partial charge in [-0.15, -0.1) is 0 Å². The number of rotatable bonds is 6. The lowest BCUT2D eigenvalue weighted by Gasteiger charge is -2.32. The lowest BCUT2D eigenvalue weighted by atomic mass is 10.00. The summed E-state index contributed by atoms with van der Waals surface area (Å²) in [7, 11) is 0. The Kier molecular flexibility index (Phi) is 6.95. The zero-order valence-electron chi connectivity index (χ0n) is 19.4. The van der Waals surface area contributed by atoms with E-state index in [2.05, 4.69) is 40.1 Å². The first kappa shape index (κ1) is 22.4. The number of fused-ring (bicyclic) bond motifs is 2. The van der Waals surface area contributed by atoms with Gasteiger partial charge in [0.25, 0.3) is 5.91 Å². The third kappa shape index (κ3) is 5.40. The molecule has 1 N–H and O–H groups in total. The van der Waals surface area contributed by atoms with Crippen LogP contribution >= 0.6 is 0 Å². The van der Waals surface area contributed by atoms with Crippen molar-refractivity contribution in [1.82, 2.24) is 14.7 Å². The highest BCUT2D eigenvalue weighted by Crippen LogP contribution is 2.26. The van der Waals surface area contributed by atoms with Crippen LogP contribution in [-0.2, 0) is 19.5 Å². The smallest absolute Gasteiger partial charge is 0.257 e. The summed E-state index contributed by atoms with van der Waals surface area (Å²) in [6, 6.07) is 14.5. The van der Waals surface area contributed by atoms with Crippen LogP contribution in [0.1, 0.15) is 46.3 Å². The van der Waals surface area contributed by atoms with Crippen LogP contribution in [0.4, 0.5) is 0 Å². The minimum absolute atomic E-state index is 0.0462. The van der Waals surface area contributed by atoms with Gasteiger partial charge in [-0.25, -0.2) is 0 Å². The fraction of sp³-hybridized carbons (Fsp3) is 0.519. The zero-order valence-corrected chi connectivity index (χ0v) is 19.4. The molecule has 0 spiro atoms. The van der Waals surface area contributed by atoms with Crippen LogP contribution in [0.5, 0.6) is 5.75 Å². The van der Waals surface area contributed by atoms with E-state index < -0.39 is 6.10 Å². The summed E-state index contributed by atoms with van der Waals surface area (Å²) in [4.78, 5) is 19.8. The third-order valence-corrected chi connectivity index (χ3v) is 7.15. The summed E-state index contributed by atoms with van der Waals surface area (Å²) >= 11 is 0. The third-order valence-electron chi connectivity index (χ3n) is 7.15. The van der Waals surface area contributed by atoms with E-state index in [1.165, 1.54) is 36.0 Å². The summed E-state index contributed by atoms with van der Waals surface area (Å²) in [5.41, 5.74) is 4.54. The van der Waals surface area contributed by atoms with E-state index in [0.29, 0.717) is 37.6 Å². The first-order valence-electron chi connectivity index (χ1n) is 12.4. The molecular formula is C27H35N3O3. The van der Waals surface area contributed by atoms with E-state index in [9.17, 15) is 9.90 Å². The van der Waals surface area contributed by atoms with Crippen LogP contribution in [0.15, 0.2) is 42.5 Å². The fourth-order valence-electron chi connectivity index (χ4n) is 5.37. The molecule has 1 amide bonds. The molecule has 2 aromatic rings. The van der Waals surface area contributed by atoms with E-state index >= 15 is 0 Å². The van der Waals surface area contributed by atoms with Crippen molar-refractivity contribution in [2.24, 2.45) is 0 Å². The second-order valence-corrected chi connectivity index (χ2v) is 9.67. The van der Waals surface area contributed by atoms with Crippen molar-refractivity contribution in [3.63, 3.8) is 0 Å². The summed E-state index contributed by atoms with van der Waals surface area (Å²) in [6.07, 6.45) is 4.28. The van der Waals surface area contributed by atoms with Crippen molar-refractivity contribution >= 4 is 5.91 Å². The molecule has 0 bridgehead atoms. The lowest BCUT2D eigenvalue weighted by Crippen LogP contribution is -2.44. The second-order valence-electron chi connectivity index (χ2n) is 9.67. The molecule has 6 nitrogen and oxygen atoms in total. The number of benzene rings is 2. The monoisotopic (exact) mass is 449 g/mol. The number of carbonyl (C=O) groups is 1. The predicted octanol–water partition coefficient (Wildman–Crippen LogP) is 2.93. The average Bonchev–Trinajstić information content (AvgIpc) is 2.98. The Morgan fingerprint density at radius 3 is 2.58 bits per heavy atom. The van der Waals surface area contributed by atoms with Gasteiger partial charge < -0.3 is 14.7 Å². The summed E-state index contributed by atoms with van der Waals surface area (Å²) in [5, 5.41) is 10.8. The summed E-state index contributed by atoms with van der Waals surface area (Å²) in [6.45, 7) is 6.84. The molecule has 0 aliphatic carbocycles. The van der Waals surface area contributed by atoms with Crippen LogP contribution in [-0.4, -0.2) is 77.7 Å². The normalized spacial score (nSPS) is 20.5. The molecule has 1 unspecified atom stereocenters. The van der Waals surface area contributed by atoms with Crippen molar-refractivity contribution in [2.45, 2.75) is 44.9 Å². The van der Waals surface area contributed by atoms with Gasteiger partial charge in [0.1, 0.15) is 12.4 Å². The molecule has 2 aromatic carbocycles. The molecule has 1 saturated heterocycles. The number of aliphatic hydroxyl groups is 1. The highest BCUT2D eigenvalue weighted by atomic mass is 16.5. The molecule has 0 saturated carbocycles. The minimum atomic E-state index is -0.584. The molecule has 5 rings (SSSR count). The molecule has 6 heteroatoms. The number of hydrogen-bond acceptors (Lipinski definition) is 5. The SMILES string of the molecule is O=C1c2ccc(CN3CCCCC3)cc2OCCN1CC(O)CN1CCc2ccccc2C1. The van der Waals surface area contributed by atoms with Gasteiger partial charge in [-0.1, -0.05) is 36.8 Å². The summed E-state index contributed by atoms with van der Waals surface area (Å²) in [5.74, 6) is 0.634. The topological polar surface area (TPSA) is 56.3 Å². The Morgan fingerprint density at radius 1 is 0.909 bits per heavy atom. The van der Waals surface area contributed by atoms with E-state index in [4.69, 9.17) is 4.74 Å². The van der Waals surface area contributed by atoms with Gasteiger partial charge in [-0.2, -0.15) is 0 Å². The van der Waals surface area contributed by atoms with Crippen molar-refractivity contribution in [3.8, 4) is 5.75 Å². The Labute approximate surface area is 196 Å². The molecule has 3 aliphatic heterocycles. The number of aliphatic hydroxyl groups excluding tert-OH is 1. The number of piperidine rings is 1. The van der Waals surface area contributed by atoms with Gasteiger partial charge in [0.05, 0.1) is 18.2 Å². The number of β-amino-alcohol motifs (C(OH)–C–C–N with tert-alkyl or cyclic N) is 1. The van der Waals surface area contributed by atoms with Crippen LogP contribution in [0.2, 0.25) is 0 Å². The molecule has 33 heavy (non-hydrogen) atoms. The van der Waals surface area contributed by atoms with Gasteiger partial charge in [-0.3, -0.25) is 14.6 Å². The fourth-order valence-corrected chi connectivity index (χ4v) is 5.37. The van der Waals surface area contributed by atoms with Gasteiger partial charge in [0.2, 0.25) is 0 Å². The molecule has 0 radical (unpaired) electrons. The number of carbonyl (C=O) groups excluding carboxylic acids is 1. The predicted molar refractivity (Wildman–Crippen MR) is 128 cm³/mol. The molecule has 176 valence electrons. The Morgan fingerprint density at radius 2 is 1.73 bits per heavy atom. The van der Waals surface area contributed by atoms with E-state index in [1.54, 1.807) is 4.90 Å². The van der Waals surface area contributed by atoms with Crippen LogP contribution in [0, 0.1) is 0 Å². The second kappa shape index (κ2) is 10.2. The van der Waals surface area contributed by atoms with Gasteiger partial charge in [0, 0.05) is 32.7 Å². The highest BCUT2D eigenvalue weighted by molar-refractivity contribution is 5.97. The number of amides is 1. The maximum absolute atomic E-state index is 13.2. The minimum Gasteiger partial charge on any atom is -0.491 e. The van der Waals surface area contributed by atoms with E-state index in [1.807, 2.05) is 12.1 Å². The van der Waals surface area contributed by atoms with Gasteiger partial charge in [-0.05, 0) is 61.2 Å². The first-order valence-corrected chi connectivity index (χ1v) is 12.4. The lowest BCUT2D eigenvalue weighted by molar-refractivity contribution is 0.0501. The van der Waals surface area contributed by atoms with Crippen LogP contribution < -0.4 is 4.74 Å². The summed E-state index contributed by atoms with van der Waals surface area (Å²) < 4.78 is 5.98. The maximum atomic E-state index is 13.2. The number of nitrogens with zero attached hydrogens (tertiary/aromatic N) is 3. The first-order chi connectivity index (χ1) is 16.2. The number of hydrogen-bond donors (Lipinski definition) is 1. The van der Waals surface area contributed by atoms with Crippen molar-refractivity contribution < 1.29 is 14.6 Å². The van der Waals surface area contributed by atoms with Gasteiger partial charge >= 0.3 is 0 Å². The van der Waals surface area contributed by atoms with Crippen LogP contribution in [0.3, 0.4) is 0 Å².